The SMILES string of the molecule is NC(N)C(C(=O)NC1CNCCC1N1CCCC2(COC2)C1)C1CC2(CCCCC2)CCC(F)CN1. The van der Waals surface area contributed by atoms with Crippen LogP contribution in [0.15, 0.2) is 0 Å². The second-order valence-electron chi connectivity index (χ2n) is 12.8. The number of nitrogens with zero attached hydrogens (tertiary/aromatic N) is 1. The van der Waals surface area contributed by atoms with E-state index in [2.05, 4.69) is 20.9 Å². The van der Waals surface area contributed by atoms with Crippen LogP contribution in [0.5, 0.6) is 0 Å². The maximum Gasteiger partial charge on any atom is 0.227 e. The highest BCUT2D eigenvalue weighted by molar-refractivity contribution is 5.80. The number of carbonyl (C=O) groups excluding carboxylic acids is 1. The van der Waals surface area contributed by atoms with E-state index in [-0.39, 0.29) is 30.0 Å². The molecule has 36 heavy (non-hydrogen) atoms. The van der Waals surface area contributed by atoms with E-state index < -0.39 is 18.3 Å². The number of rotatable bonds is 5. The quantitative estimate of drug-likeness (QED) is 0.355. The first-order chi connectivity index (χ1) is 17.4. The predicted molar refractivity (Wildman–Crippen MR) is 139 cm³/mol. The number of ether oxygens (including phenoxy) is 1. The Bertz CT molecular complexity index is 744. The third-order valence-electron chi connectivity index (χ3n) is 10.1. The topological polar surface area (TPSA) is 118 Å². The summed E-state index contributed by atoms with van der Waals surface area (Å²) in [5, 5.41) is 10.3. The molecule has 7 N–H and O–H groups in total. The third-order valence-corrected chi connectivity index (χ3v) is 10.1. The number of halogens is 1. The number of likely N-dealkylation sites (tertiary alicyclic amines) is 1. The van der Waals surface area contributed by atoms with Crippen LogP contribution >= 0.6 is 0 Å². The largest absolute Gasteiger partial charge is 0.380 e. The van der Waals surface area contributed by atoms with Gasteiger partial charge in [-0.3, -0.25) is 9.69 Å². The van der Waals surface area contributed by atoms with Crippen molar-refractivity contribution in [2.75, 3.05) is 45.9 Å². The lowest BCUT2D eigenvalue weighted by molar-refractivity contribution is -0.152. The van der Waals surface area contributed by atoms with Crippen LogP contribution in [0.25, 0.3) is 0 Å². The van der Waals surface area contributed by atoms with E-state index >= 15 is 0 Å². The molecule has 5 rings (SSSR count). The van der Waals surface area contributed by atoms with Crippen molar-refractivity contribution in [1.82, 2.24) is 20.9 Å². The minimum atomic E-state index is -0.891. The molecule has 9 heteroatoms. The smallest absolute Gasteiger partial charge is 0.227 e. The van der Waals surface area contributed by atoms with Crippen LogP contribution in [-0.2, 0) is 9.53 Å². The Labute approximate surface area is 216 Å². The second-order valence-corrected chi connectivity index (χ2v) is 12.8. The molecule has 1 amide bonds. The summed E-state index contributed by atoms with van der Waals surface area (Å²) in [6.45, 7) is 5.82. The zero-order chi connectivity index (χ0) is 25.2. The van der Waals surface area contributed by atoms with Gasteiger partial charge in [0.25, 0.3) is 0 Å². The lowest BCUT2D eigenvalue weighted by Gasteiger charge is -2.52. The molecule has 5 fully saturated rings. The molecule has 2 spiro atoms. The zero-order valence-corrected chi connectivity index (χ0v) is 22.0. The summed E-state index contributed by atoms with van der Waals surface area (Å²) < 4.78 is 20.3. The third kappa shape index (κ3) is 5.91. The first-order valence-corrected chi connectivity index (χ1v) is 14.6. The normalized spacial score (nSPS) is 36.1. The molecule has 4 aliphatic heterocycles. The molecule has 1 saturated carbocycles. The highest BCUT2D eigenvalue weighted by Gasteiger charge is 2.46. The molecule has 4 heterocycles. The predicted octanol–water partition coefficient (Wildman–Crippen LogP) is 1.24. The van der Waals surface area contributed by atoms with Gasteiger partial charge in [-0.15, -0.1) is 0 Å². The summed E-state index contributed by atoms with van der Waals surface area (Å²) in [5.74, 6) is -0.661. The molecule has 0 aromatic heterocycles. The van der Waals surface area contributed by atoms with Crippen LogP contribution in [0, 0.1) is 16.7 Å². The Hall–Kier alpha value is -0.840. The number of hydrogen-bond acceptors (Lipinski definition) is 7. The number of hydrogen-bond donors (Lipinski definition) is 5. The zero-order valence-electron chi connectivity index (χ0n) is 22.0. The number of nitrogens with two attached hydrogens (primary N) is 2. The first kappa shape index (κ1) is 26.8. The van der Waals surface area contributed by atoms with Gasteiger partial charge in [0, 0.05) is 37.1 Å². The van der Waals surface area contributed by atoms with E-state index in [1.54, 1.807) is 0 Å². The van der Waals surface area contributed by atoms with Crippen molar-refractivity contribution in [1.29, 1.82) is 0 Å². The molecule has 0 aromatic rings. The molecule has 5 atom stereocenters. The molecule has 8 nitrogen and oxygen atoms in total. The lowest BCUT2D eigenvalue weighted by Crippen LogP contribution is -2.66. The van der Waals surface area contributed by atoms with Crippen LogP contribution in [0.4, 0.5) is 4.39 Å². The summed E-state index contributed by atoms with van der Waals surface area (Å²) in [6.07, 6.45) is 9.95. The lowest BCUT2D eigenvalue weighted by atomic mass is 9.65. The molecular weight excluding hydrogens is 459 g/mol. The second kappa shape index (κ2) is 11.5. The summed E-state index contributed by atoms with van der Waals surface area (Å²) in [6, 6.07) is 0.102. The van der Waals surface area contributed by atoms with Crippen LogP contribution in [-0.4, -0.2) is 87.2 Å². The fourth-order valence-corrected chi connectivity index (χ4v) is 7.98. The van der Waals surface area contributed by atoms with E-state index in [1.807, 2.05) is 0 Å². The Morgan fingerprint density at radius 3 is 2.53 bits per heavy atom. The van der Waals surface area contributed by atoms with Crippen molar-refractivity contribution in [3.05, 3.63) is 0 Å². The maximum atomic E-state index is 14.7. The molecule has 1 aliphatic carbocycles. The summed E-state index contributed by atoms with van der Waals surface area (Å²) in [4.78, 5) is 16.4. The van der Waals surface area contributed by atoms with E-state index in [0.29, 0.717) is 17.9 Å². The maximum absolute atomic E-state index is 14.7. The van der Waals surface area contributed by atoms with Gasteiger partial charge >= 0.3 is 0 Å². The van der Waals surface area contributed by atoms with Gasteiger partial charge in [-0.25, -0.2) is 4.39 Å². The number of carbonyl (C=O) groups is 1. The van der Waals surface area contributed by atoms with Crippen molar-refractivity contribution < 1.29 is 13.9 Å². The fourth-order valence-electron chi connectivity index (χ4n) is 7.98. The van der Waals surface area contributed by atoms with Crippen LogP contribution in [0.2, 0.25) is 0 Å². The molecule has 206 valence electrons. The molecule has 0 radical (unpaired) electrons. The van der Waals surface area contributed by atoms with Gasteiger partial charge in [-0.2, -0.15) is 0 Å². The van der Waals surface area contributed by atoms with Gasteiger partial charge in [0.15, 0.2) is 0 Å². The van der Waals surface area contributed by atoms with Crippen molar-refractivity contribution in [2.45, 2.75) is 101 Å². The number of piperidine rings is 2. The molecule has 5 aliphatic rings. The van der Waals surface area contributed by atoms with Gasteiger partial charge < -0.3 is 32.2 Å². The van der Waals surface area contributed by atoms with Crippen LogP contribution in [0.3, 0.4) is 0 Å². The van der Waals surface area contributed by atoms with Gasteiger partial charge in [-0.1, -0.05) is 19.3 Å². The van der Waals surface area contributed by atoms with Crippen molar-refractivity contribution >= 4 is 5.91 Å². The van der Waals surface area contributed by atoms with Crippen LogP contribution in [0.1, 0.15) is 70.6 Å². The highest BCUT2D eigenvalue weighted by atomic mass is 19.1. The Kier molecular flexibility index (Phi) is 8.54. The molecule has 0 aromatic carbocycles. The monoisotopic (exact) mass is 508 g/mol. The van der Waals surface area contributed by atoms with E-state index in [4.69, 9.17) is 16.2 Å². The van der Waals surface area contributed by atoms with Crippen molar-refractivity contribution in [3.63, 3.8) is 0 Å². The Balaban J connectivity index is 1.29. The van der Waals surface area contributed by atoms with Crippen LogP contribution < -0.4 is 27.4 Å². The summed E-state index contributed by atoms with van der Waals surface area (Å²) in [5.41, 5.74) is 13.0. The molecule has 0 bridgehead atoms. The number of amides is 1. The Morgan fingerprint density at radius 2 is 1.81 bits per heavy atom. The van der Waals surface area contributed by atoms with E-state index in [9.17, 15) is 9.18 Å². The summed E-state index contributed by atoms with van der Waals surface area (Å²) >= 11 is 0. The van der Waals surface area contributed by atoms with E-state index in [0.717, 1.165) is 71.5 Å². The standard InChI is InChI=1S/C27H49FN6O2/c28-19-5-10-26(7-2-1-3-8-26)13-20(32-14-19)23(24(29)30)25(35)33-21-15-31-11-6-22(21)34-12-4-9-27(16-34)17-36-18-27/h19-24,31-32H,1-18,29-30H2,(H,33,35). The fraction of sp³-hybridized carbons (Fsp3) is 0.963. The molecule has 4 saturated heterocycles. The van der Waals surface area contributed by atoms with Gasteiger partial charge in [-0.05, 0) is 69.9 Å². The highest BCUT2D eigenvalue weighted by Crippen LogP contribution is 2.46. The number of alkyl halides is 1. The minimum absolute atomic E-state index is 0.00904. The number of nitrogens with one attached hydrogen (secondary N) is 3. The van der Waals surface area contributed by atoms with Crippen molar-refractivity contribution in [3.8, 4) is 0 Å². The summed E-state index contributed by atoms with van der Waals surface area (Å²) in [7, 11) is 0. The molecular formula is C27H49FN6O2. The Morgan fingerprint density at radius 1 is 1.03 bits per heavy atom. The first-order valence-electron chi connectivity index (χ1n) is 14.6. The minimum Gasteiger partial charge on any atom is -0.380 e. The van der Waals surface area contributed by atoms with E-state index in [1.165, 1.54) is 32.1 Å². The van der Waals surface area contributed by atoms with Gasteiger partial charge in [0.1, 0.15) is 6.17 Å². The van der Waals surface area contributed by atoms with Gasteiger partial charge in [0.05, 0.1) is 31.3 Å². The van der Waals surface area contributed by atoms with Gasteiger partial charge in [0.2, 0.25) is 5.91 Å². The van der Waals surface area contributed by atoms with Crippen molar-refractivity contribution in [2.24, 2.45) is 28.2 Å². The average molecular weight is 509 g/mol. The average Bonchev–Trinajstić information content (AvgIpc) is 2.85. The molecule has 5 unspecified atom stereocenters.